The number of hydrogen-bond acceptors (Lipinski definition) is 5. The topological polar surface area (TPSA) is 85.5 Å². The van der Waals surface area contributed by atoms with Crippen LogP contribution in [0.25, 0.3) is 5.69 Å². The number of nitrogens with zero attached hydrogens (tertiary/aromatic N) is 4. The minimum Gasteiger partial charge on any atom is -0.495 e. The van der Waals surface area contributed by atoms with Gasteiger partial charge in [-0.2, -0.15) is 0 Å². The lowest BCUT2D eigenvalue weighted by molar-refractivity contribution is -0.384. The molecule has 1 fully saturated rings. The number of thiocarbonyl (C=S) groups is 1. The van der Waals surface area contributed by atoms with Crippen molar-refractivity contribution in [1.82, 2.24) is 14.9 Å². The van der Waals surface area contributed by atoms with Crippen LogP contribution in [0.4, 0.5) is 11.4 Å². The predicted molar refractivity (Wildman–Crippen MR) is 157 cm³/mol. The van der Waals surface area contributed by atoms with Gasteiger partial charge in [-0.05, 0) is 79.5 Å². The summed E-state index contributed by atoms with van der Waals surface area (Å²) < 4.78 is 7.62. The van der Waals surface area contributed by atoms with Gasteiger partial charge < -0.3 is 19.5 Å². The molecule has 4 aromatic rings. The third kappa shape index (κ3) is 4.74. The number of nitrogens with one attached hydrogen (secondary N) is 1. The van der Waals surface area contributed by atoms with Gasteiger partial charge in [-0.3, -0.25) is 15.1 Å². The predicted octanol–water partition coefficient (Wildman–Crippen LogP) is 6.71. The summed E-state index contributed by atoms with van der Waals surface area (Å²) in [5.74, 6) is 0.972. The fraction of sp³-hybridized carbons (Fsp3) is 0.267. The van der Waals surface area contributed by atoms with Crippen molar-refractivity contribution in [3.05, 3.63) is 111 Å². The molecule has 8 nitrogen and oxygen atoms in total. The van der Waals surface area contributed by atoms with Crippen molar-refractivity contribution in [1.29, 1.82) is 0 Å². The molecule has 0 spiro atoms. The van der Waals surface area contributed by atoms with E-state index in [9.17, 15) is 10.1 Å². The molecule has 2 aromatic carbocycles. The zero-order valence-corrected chi connectivity index (χ0v) is 23.4. The standard InChI is InChI=1S/C30H31N5O3S/c1-18(2)21-9-11-22(12-10-21)34-29(28(32-30(34)39)25-8-6-7-15-31-25)24-16-19(3)33(20(24)4)26-17-23(35(36)37)13-14-27(26)38-5/h6-18,28-29H,1-5H3,(H,32,39). The zero-order chi connectivity index (χ0) is 27.8. The lowest BCUT2D eigenvalue weighted by Crippen LogP contribution is -2.29. The number of hydrogen-bond donors (Lipinski definition) is 1. The first-order chi connectivity index (χ1) is 18.7. The summed E-state index contributed by atoms with van der Waals surface area (Å²) in [6, 6.07) is 20.7. The Morgan fingerprint density at radius 3 is 2.44 bits per heavy atom. The van der Waals surface area contributed by atoms with E-state index in [0.717, 1.165) is 28.3 Å². The monoisotopic (exact) mass is 541 g/mol. The smallest absolute Gasteiger partial charge is 0.271 e. The zero-order valence-electron chi connectivity index (χ0n) is 22.6. The van der Waals surface area contributed by atoms with Crippen LogP contribution in [0.1, 0.15) is 60.1 Å². The molecule has 1 aliphatic rings. The third-order valence-corrected chi connectivity index (χ3v) is 7.65. The lowest BCUT2D eigenvalue weighted by Gasteiger charge is -2.28. The Morgan fingerprint density at radius 1 is 1.08 bits per heavy atom. The number of benzene rings is 2. The number of nitro groups is 1. The van der Waals surface area contributed by atoms with E-state index in [2.05, 4.69) is 59.4 Å². The van der Waals surface area contributed by atoms with Crippen LogP contribution in [0.3, 0.4) is 0 Å². The summed E-state index contributed by atoms with van der Waals surface area (Å²) in [7, 11) is 1.57. The molecule has 0 amide bonds. The molecule has 3 heterocycles. The minimum atomic E-state index is -0.392. The fourth-order valence-electron chi connectivity index (χ4n) is 5.39. The van der Waals surface area contributed by atoms with Gasteiger partial charge in [-0.15, -0.1) is 0 Å². The SMILES string of the molecule is COc1ccc([N+](=O)[O-])cc1-n1c(C)cc(C2C(c3ccccn3)NC(=S)N2c2ccc(C(C)C)cc2)c1C. The van der Waals surface area contributed by atoms with Crippen LogP contribution in [0.2, 0.25) is 0 Å². The number of pyridine rings is 1. The van der Waals surface area contributed by atoms with Gasteiger partial charge in [0.1, 0.15) is 5.75 Å². The first-order valence-corrected chi connectivity index (χ1v) is 13.2. The number of nitro benzene ring substituents is 1. The Kier molecular flexibility index (Phi) is 7.10. The average molecular weight is 542 g/mol. The highest BCUT2D eigenvalue weighted by atomic mass is 32.1. The summed E-state index contributed by atoms with van der Waals surface area (Å²) in [4.78, 5) is 18.0. The maximum atomic E-state index is 11.6. The number of anilines is 1. The van der Waals surface area contributed by atoms with Crippen LogP contribution in [-0.4, -0.2) is 26.7 Å². The Morgan fingerprint density at radius 2 is 1.82 bits per heavy atom. The maximum absolute atomic E-state index is 11.6. The van der Waals surface area contributed by atoms with E-state index in [-0.39, 0.29) is 17.8 Å². The second-order valence-corrected chi connectivity index (χ2v) is 10.4. The molecule has 200 valence electrons. The van der Waals surface area contributed by atoms with Crippen molar-refractivity contribution in [3.8, 4) is 11.4 Å². The second-order valence-electron chi connectivity index (χ2n) is 10.0. The Balaban J connectivity index is 1.69. The van der Waals surface area contributed by atoms with Gasteiger partial charge in [0.15, 0.2) is 5.11 Å². The molecule has 0 bridgehead atoms. The molecule has 0 radical (unpaired) electrons. The van der Waals surface area contributed by atoms with Crippen molar-refractivity contribution in [2.75, 3.05) is 12.0 Å². The Labute approximate surface area is 233 Å². The molecular formula is C30H31N5O3S. The average Bonchev–Trinajstić information content (AvgIpc) is 3.43. The highest BCUT2D eigenvalue weighted by molar-refractivity contribution is 7.80. The van der Waals surface area contributed by atoms with Crippen molar-refractivity contribution in [2.45, 2.75) is 45.7 Å². The summed E-state index contributed by atoms with van der Waals surface area (Å²) in [6.07, 6.45) is 1.79. The molecular weight excluding hydrogens is 510 g/mol. The van der Waals surface area contributed by atoms with Crippen LogP contribution in [0.15, 0.2) is 72.9 Å². The first-order valence-electron chi connectivity index (χ1n) is 12.8. The van der Waals surface area contributed by atoms with E-state index >= 15 is 0 Å². The van der Waals surface area contributed by atoms with Gasteiger partial charge in [0.05, 0.1) is 35.5 Å². The van der Waals surface area contributed by atoms with Crippen molar-refractivity contribution in [2.24, 2.45) is 0 Å². The molecule has 5 rings (SSSR count). The van der Waals surface area contributed by atoms with Gasteiger partial charge in [-0.1, -0.05) is 32.0 Å². The normalized spacial score (nSPS) is 17.0. The molecule has 2 unspecified atom stereocenters. The van der Waals surface area contributed by atoms with E-state index in [0.29, 0.717) is 22.5 Å². The quantitative estimate of drug-likeness (QED) is 0.158. The van der Waals surface area contributed by atoms with Gasteiger partial charge in [-0.25, -0.2) is 0 Å². The first kappa shape index (κ1) is 26.4. The summed E-state index contributed by atoms with van der Waals surface area (Å²) in [6.45, 7) is 8.37. The number of aromatic nitrogens is 2. The number of rotatable bonds is 7. The van der Waals surface area contributed by atoms with Crippen molar-refractivity contribution < 1.29 is 9.66 Å². The maximum Gasteiger partial charge on any atom is 0.271 e. The Bertz CT molecular complexity index is 1530. The van der Waals surface area contributed by atoms with E-state index in [1.807, 2.05) is 36.6 Å². The largest absolute Gasteiger partial charge is 0.495 e. The number of ether oxygens (including phenoxy) is 1. The Hall–Kier alpha value is -4.24. The minimum absolute atomic E-state index is 0.00166. The van der Waals surface area contributed by atoms with Crippen LogP contribution in [-0.2, 0) is 0 Å². The van der Waals surface area contributed by atoms with E-state index in [1.54, 1.807) is 25.4 Å². The number of aryl methyl sites for hydroxylation is 1. The van der Waals surface area contributed by atoms with Gasteiger partial charge >= 0.3 is 0 Å². The second kappa shape index (κ2) is 10.5. The van der Waals surface area contributed by atoms with Gasteiger partial charge in [0, 0.05) is 35.4 Å². The van der Waals surface area contributed by atoms with Crippen LogP contribution >= 0.6 is 12.2 Å². The molecule has 1 N–H and O–H groups in total. The molecule has 0 saturated carbocycles. The molecule has 2 aromatic heterocycles. The molecule has 1 saturated heterocycles. The summed E-state index contributed by atoms with van der Waals surface area (Å²) in [5.41, 5.74) is 6.64. The number of non-ortho nitro benzene ring substituents is 1. The molecule has 1 aliphatic heterocycles. The van der Waals surface area contributed by atoms with Gasteiger partial charge in [0.25, 0.3) is 5.69 Å². The van der Waals surface area contributed by atoms with E-state index in [1.165, 1.54) is 11.6 Å². The van der Waals surface area contributed by atoms with Crippen LogP contribution < -0.4 is 15.0 Å². The lowest BCUT2D eigenvalue weighted by atomic mass is 9.96. The molecule has 2 atom stereocenters. The highest BCUT2D eigenvalue weighted by Gasteiger charge is 2.42. The van der Waals surface area contributed by atoms with E-state index < -0.39 is 4.92 Å². The molecule has 39 heavy (non-hydrogen) atoms. The summed E-state index contributed by atoms with van der Waals surface area (Å²) >= 11 is 5.91. The number of methoxy groups -OCH3 is 1. The third-order valence-electron chi connectivity index (χ3n) is 7.34. The highest BCUT2D eigenvalue weighted by Crippen LogP contribution is 2.44. The summed E-state index contributed by atoms with van der Waals surface area (Å²) in [5, 5.41) is 15.7. The van der Waals surface area contributed by atoms with Crippen molar-refractivity contribution >= 4 is 28.7 Å². The van der Waals surface area contributed by atoms with Crippen LogP contribution in [0.5, 0.6) is 5.75 Å². The van der Waals surface area contributed by atoms with Gasteiger partial charge in [0.2, 0.25) is 0 Å². The van der Waals surface area contributed by atoms with Crippen molar-refractivity contribution in [3.63, 3.8) is 0 Å². The fourth-order valence-corrected chi connectivity index (χ4v) is 5.74. The van der Waals surface area contributed by atoms with Crippen LogP contribution in [0, 0.1) is 24.0 Å². The van der Waals surface area contributed by atoms with E-state index in [4.69, 9.17) is 17.0 Å². The molecule has 9 heteroatoms. The molecule has 0 aliphatic carbocycles.